The van der Waals surface area contributed by atoms with Crippen LogP contribution in [-0.2, 0) is 4.79 Å². The molecular formula is C15H18N2O4. The van der Waals surface area contributed by atoms with Crippen molar-refractivity contribution in [1.29, 1.82) is 0 Å². The third-order valence-electron chi connectivity index (χ3n) is 3.96. The second kappa shape index (κ2) is 5.95. The van der Waals surface area contributed by atoms with Crippen LogP contribution in [0.1, 0.15) is 40.5 Å². The van der Waals surface area contributed by atoms with Gasteiger partial charge in [-0.3, -0.25) is 14.4 Å². The van der Waals surface area contributed by atoms with E-state index in [1.165, 1.54) is 6.07 Å². The minimum atomic E-state index is -0.883. The first-order valence-corrected chi connectivity index (χ1v) is 6.85. The Bertz CT molecular complexity index is 585. The van der Waals surface area contributed by atoms with Gasteiger partial charge in [-0.05, 0) is 38.0 Å². The van der Waals surface area contributed by atoms with Crippen molar-refractivity contribution >= 4 is 17.8 Å². The maximum atomic E-state index is 12.5. The third kappa shape index (κ3) is 3.04. The highest BCUT2D eigenvalue weighted by atomic mass is 16.4. The number of hydrogen-bond acceptors (Lipinski definition) is 3. The molecule has 0 spiro atoms. The number of carbonyl (C=O) groups excluding carboxylic acids is 2. The van der Waals surface area contributed by atoms with Crippen molar-refractivity contribution in [2.24, 2.45) is 11.7 Å². The zero-order valence-electron chi connectivity index (χ0n) is 11.8. The number of primary amides is 1. The normalized spacial score (nSPS) is 21.9. The van der Waals surface area contributed by atoms with Gasteiger partial charge in [-0.15, -0.1) is 0 Å². The average Bonchev–Trinajstić information content (AvgIpc) is 2.46. The van der Waals surface area contributed by atoms with Gasteiger partial charge < -0.3 is 15.7 Å². The van der Waals surface area contributed by atoms with Gasteiger partial charge in [0.1, 0.15) is 0 Å². The zero-order chi connectivity index (χ0) is 15.6. The average molecular weight is 290 g/mol. The number of piperidine rings is 1. The van der Waals surface area contributed by atoms with Crippen LogP contribution in [0.2, 0.25) is 0 Å². The molecule has 1 saturated heterocycles. The minimum absolute atomic E-state index is 0.264. The van der Waals surface area contributed by atoms with Gasteiger partial charge in [0.15, 0.2) is 0 Å². The molecule has 0 aromatic heterocycles. The van der Waals surface area contributed by atoms with Crippen LogP contribution in [0, 0.1) is 5.92 Å². The molecule has 2 rings (SSSR count). The number of rotatable bonds is 3. The number of amides is 2. The van der Waals surface area contributed by atoms with Gasteiger partial charge in [0.2, 0.25) is 5.91 Å². The molecule has 3 N–H and O–H groups in total. The summed E-state index contributed by atoms with van der Waals surface area (Å²) >= 11 is 0. The van der Waals surface area contributed by atoms with Crippen LogP contribution in [0.25, 0.3) is 0 Å². The Morgan fingerprint density at radius 3 is 2.57 bits per heavy atom. The van der Waals surface area contributed by atoms with E-state index in [1.54, 1.807) is 30.0 Å². The monoisotopic (exact) mass is 290 g/mol. The molecule has 112 valence electrons. The van der Waals surface area contributed by atoms with Crippen molar-refractivity contribution < 1.29 is 19.5 Å². The first-order valence-electron chi connectivity index (χ1n) is 6.85. The molecule has 1 heterocycles. The number of aliphatic carboxylic acids is 1. The molecule has 0 radical (unpaired) electrons. The van der Waals surface area contributed by atoms with Crippen molar-refractivity contribution in [1.82, 2.24) is 4.90 Å². The fourth-order valence-corrected chi connectivity index (χ4v) is 2.73. The Morgan fingerprint density at radius 1 is 1.29 bits per heavy atom. The van der Waals surface area contributed by atoms with Crippen LogP contribution >= 0.6 is 0 Å². The highest BCUT2D eigenvalue weighted by Crippen LogP contribution is 2.25. The maximum absolute atomic E-state index is 12.5. The van der Waals surface area contributed by atoms with E-state index in [0.717, 1.165) is 0 Å². The molecule has 1 aromatic rings. The first-order chi connectivity index (χ1) is 9.91. The Hall–Kier alpha value is -2.37. The molecule has 1 aliphatic heterocycles. The van der Waals surface area contributed by atoms with Crippen LogP contribution < -0.4 is 5.73 Å². The fraction of sp³-hybridized carbons (Fsp3) is 0.400. The minimum Gasteiger partial charge on any atom is -0.481 e. The number of carboxylic acid groups (broad SMARTS) is 1. The number of hydrogen-bond donors (Lipinski definition) is 2. The van der Waals surface area contributed by atoms with Gasteiger partial charge in [-0.1, -0.05) is 6.07 Å². The summed E-state index contributed by atoms with van der Waals surface area (Å²) in [4.78, 5) is 36.5. The molecule has 6 heteroatoms. The lowest BCUT2D eigenvalue weighted by Gasteiger charge is -2.37. The summed E-state index contributed by atoms with van der Waals surface area (Å²) in [6, 6.07) is 5.81. The van der Waals surface area contributed by atoms with E-state index in [2.05, 4.69) is 0 Å². The topological polar surface area (TPSA) is 101 Å². The summed E-state index contributed by atoms with van der Waals surface area (Å²) in [5.41, 5.74) is 5.82. The van der Waals surface area contributed by atoms with Crippen LogP contribution in [0.4, 0.5) is 0 Å². The van der Waals surface area contributed by atoms with E-state index < -0.39 is 17.8 Å². The number of nitrogens with zero attached hydrogens (tertiary/aromatic N) is 1. The summed E-state index contributed by atoms with van der Waals surface area (Å²) in [6.07, 6.45) is 1.23. The van der Waals surface area contributed by atoms with Gasteiger partial charge in [0, 0.05) is 23.7 Å². The molecule has 1 aromatic carbocycles. The van der Waals surface area contributed by atoms with Crippen molar-refractivity contribution in [2.75, 3.05) is 6.54 Å². The standard InChI is InChI=1S/C15H18N2O4/c1-9-12(15(20)21)6-3-7-17(9)14(19)11-5-2-4-10(8-11)13(16)18/h2,4-5,8-9,12H,3,6-7H2,1H3,(H2,16,18)(H,20,21)/t9-,12-/m1/s1. The number of benzene rings is 1. The Kier molecular flexibility index (Phi) is 4.26. The van der Waals surface area contributed by atoms with Crippen LogP contribution in [-0.4, -0.2) is 40.4 Å². The van der Waals surface area contributed by atoms with Crippen molar-refractivity contribution in [3.8, 4) is 0 Å². The van der Waals surface area contributed by atoms with E-state index in [1.807, 2.05) is 0 Å². The number of carboxylic acids is 1. The lowest BCUT2D eigenvalue weighted by molar-refractivity contribution is -0.144. The highest BCUT2D eigenvalue weighted by molar-refractivity contribution is 5.99. The lowest BCUT2D eigenvalue weighted by Crippen LogP contribution is -2.49. The molecule has 0 aliphatic carbocycles. The van der Waals surface area contributed by atoms with Gasteiger partial charge in [-0.25, -0.2) is 0 Å². The van der Waals surface area contributed by atoms with E-state index >= 15 is 0 Å². The fourth-order valence-electron chi connectivity index (χ4n) is 2.73. The Balaban J connectivity index is 2.24. The summed E-state index contributed by atoms with van der Waals surface area (Å²) in [5.74, 6) is -2.30. The predicted molar refractivity (Wildman–Crippen MR) is 75.8 cm³/mol. The van der Waals surface area contributed by atoms with Gasteiger partial charge in [0.25, 0.3) is 5.91 Å². The number of nitrogens with two attached hydrogens (primary N) is 1. The number of carbonyl (C=O) groups is 3. The summed E-state index contributed by atoms with van der Waals surface area (Å²) in [6.45, 7) is 2.26. The maximum Gasteiger partial charge on any atom is 0.308 e. The second-order valence-electron chi connectivity index (χ2n) is 5.27. The van der Waals surface area contributed by atoms with Crippen molar-refractivity contribution in [2.45, 2.75) is 25.8 Å². The molecule has 0 bridgehead atoms. The van der Waals surface area contributed by atoms with Gasteiger partial charge in [0.05, 0.1) is 5.92 Å². The van der Waals surface area contributed by atoms with E-state index in [4.69, 9.17) is 5.73 Å². The van der Waals surface area contributed by atoms with Gasteiger partial charge in [-0.2, -0.15) is 0 Å². The van der Waals surface area contributed by atoms with Crippen LogP contribution in [0.15, 0.2) is 24.3 Å². The summed E-state index contributed by atoms with van der Waals surface area (Å²) < 4.78 is 0. The van der Waals surface area contributed by atoms with Crippen LogP contribution in [0.3, 0.4) is 0 Å². The smallest absolute Gasteiger partial charge is 0.308 e. The van der Waals surface area contributed by atoms with Crippen molar-refractivity contribution in [3.05, 3.63) is 35.4 Å². The lowest BCUT2D eigenvalue weighted by atomic mass is 9.89. The summed E-state index contributed by atoms with van der Waals surface area (Å²) in [5, 5.41) is 9.20. The van der Waals surface area contributed by atoms with E-state index in [0.29, 0.717) is 24.9 Å². The third-order valence-corrected chi connectivity index (χ3v) is 3.96. The molecular weight excluding hydrogens is 272 g/mol. The molecule has 21 heavy (non-hydrogen) atoms. The van der Waals surface area contributed by atoms with E-state index in [9.17, 15) is 19.5 Å². The second-order valence-corrected chi connectivity index (χ2v) is 5.27. The van der Waals surface area contributed by atoms with Crippen molar-refractivity contribution in [3.63, 3.8) is 0 Å². The van der Waals surface area contributed by atoms with Crippen LogP contribution in [0.5, 0.6) is 0 Å². The SMILES string of the molecule is C[C@@H]1[C@H](C(=O)O)CCCN1C(=O)c1cccc(C(N)=O)c1. The molecule has 6 nitrogen and oxygen atoms in total. The quantitative estimate of drug-likeness (QED) is 0.870. The molecule has 2 atom stereocenters. The molecule has 0 unspecified atom stereocenters. The molecule has 1 fully saturated rings. The van der Waals surface area contributed by atoms with Gasteiger partial charge >= 0.3 is 5.97 Å². The molecule has 1 aliphatic rings. The highest BCUT2D eigenvalue weighted by Gasteiger charge is 2.35. The summed E-state index contributed by atoms with van der Waals surface area (Å²) in [7, 11) is 0. The Morgan fingerprint density at radius 2 is 1.95 bits per heavy atom. The largest absolute Gasteiger partial charge is 0.481 e. The predicted octanol–water partition coefficient (Wildman–Crippen LogP) is 1.11. The molecule has 2 amide bonds. The number of likely N-dealkylation sites (tertiary alicyclic amines) is 1. The Labute approximate surface area is 122 Å². The zero-order valence-corrected chi connectivity index (χ0v) is 11.8. The first kappa shape index (κ1) is 15.0. The van der Waals surface area contributed by atoms with E-state index in [-0.39, 0.29) is 17.5 Å². The molecule has 0 saturated carbocycles.